The minimum atomic E-state index is -0.904. The van der Waals surface area contributed by atoms with E-state index >= 15 is 0 Å². The number of aliphatic hydroxyl groups is 2. The molecule has 286 valence electrons. The van der Waals surface area contributed by atoms with Crippen LogP contribution in [-0.4, -0.2) is 141 Å². The summed E-state index contributed by atoms with van der Waals surface area (Å²) in [7, 11) is 6.85. The standard InChI is InChI=1S/C37H61NO12/c1-11-27-24(18-45-37-35(44-10)34(43-9)30(41)23(6)47-37)33-28(49-33)14-13-26(39)20(3)16-21(4)32(19(2)12-15-29(40)48-27)50-36-31(42)25(38(7)8)17-22(5)46-36/h12-15,19-25,27-28,30-37,41-42H,11,16-18H2,1-10H3/b14-13+,15-12+/t19-,20+,21-,22+,23+,24+,25-,27+,28?,30+,31+,32+,33?,34+,35+,36-,37+/m0/s1. The minimum Gasteiger partial charge on any atom is -0.459 e. The Hall–Kier alpha value is -1.78. The highest BCUT2D eigenvalue weighted by atomic mass is 16.7. The molecular weight excluding hydrogens is 650 g/mol. The number of cyclic esters (lactones) is 1. The number of ketones is 1. The number of hydrogen-bond acceptors (Lipinski definition) is 13. The highest BCUT2D eigenvalue weighted by Crippen LogP contribution is 2.37. The summed E-state index contributed by atoms with van der Waals surface area (Å²) in [6.07, 6.45) is 0.848. The van der Waals surface area contributed by atoms with Gasteiger partial charge in [0.15, 0.2) is 18.4 Å². The number of epoxide rings is 1. The number of methoxy groups -OCH3 is 2. The monoisotopic (exact) mass is 711 g/mol. The minimum absolute atomic E-state index is 0.0293. The maximum Gasteiger partial charge on any atom is 0.330 e. The Bertz CT molecular complexity index is 1170. The molecule has 3 saturated heterocycles. The molecule has 2 N–H and O–H groups in total. The second kappa shape index (κ2) is 18.3. The zero-order valence-corrected chi connectivity index (χ0v) is 31.4. The van der Waals surface area contributed by atoms with Crippen LogP contribution in [0.5, 0.6) is 0 Å². The molecule has 3 fully saturated rings. The quantitative estimate of drug-likeness (QED) is 0.266. The number of nitrogens with zero attached hydrogens (tertiary/aromatic N) is 1. The number of hydrogen-bond donors (Lipinski definition) is 2. The summed E-state index contributed by atoms with van der Waals surface area (Å²) in [4.78, 5) is 28.7. The lowest BCUT2D eigenvalue weighted by molar-refractivity contribution is -0.305. The van der Waals surface area contributed by atoms with E-state index < -0.39 is 67.2 Å². The summed E-state index contributed by atoms with van der Waals surface area (Å²) < 4.78 is 48.1. The van der Waals surface area contributed by atoms with E-state index in [2.05, 4.69) is 0 Å². The van der Waals surface area contributed by atoms with Crippen molar-refractivity contribution < 1.29 is 57.7 Å². The molecule has 0 aromatic heterocycles. The highest BCUT2D eigenvalue weighted by molar-refractivity contribution is 5.91. The van der Waals surface area contributed by atoms with Crippen molar-refractivity contribution in [3.63, 3.8) is 0 Å². The molecule has 17 atom stereocenters. The summed E-state index contributed by atoms with van der Waals surface area (Å²) in [6, 6.07) is -0.144. The Balaban J connectivity index is 1.56. The summed E-state index contributed by atoms with van der Waals surface area (Å²) in [5.74, 6) is -1.66. The largest absolute Gasteiger partial charge is 0.459 e. The van der Waals surface area contributed by atoms with E-state index in [0.717, 1.165) is 0 Å². The van der Waals surface area contributed by atoms with Crippen LogP contribution in [0.2, 0.25) is 0 Å². The van der Waals surface area contributed by atoms with E-state index in [4.69, 9.17) is 37.9 Å². The van der Waals surface area contributed by atoms with Crippen LogP contribution < -0.4 is 0 Å². The fourth-order valence-electron chi connectivity index (χ4n) is 7.64. The van der Waals surface area contributed by atoms with Crippen molar-refractivity contribution in [2.75, 3.05) is 34.9 Å². The number of rotatable bonds is 9. The van der Waals surface area contributed by atoms with Gasteiger partial charge in [0, 0.05) is 44.1 Å². The SMILES string of the molecule is CC[C@H]1OC(=O)/C=C/[C@H](C)[C@@H](O[C@@H]2O[C@H](C)C[C@H](N(C)C)[C@H]2O)[C@@H](C)C[C@@H](C)C(=O)/C=C/C2OC2[C@@H]1CO[C@@H]1O[C@H](C)[C@@H](O)[C@@H](OC)[C@H]1OC. The average Bonchev–Trinajstić information content (AvgIpc) is 3.85. The van der Waals surface area contributed by atoms with Gasteiger partial charge < -0.3 is 53.0 Å². The van der Waals surface area contributed by atoms with Gasteiger partial charge in [-0.3, -0.25) is 4.79 Å². The van der Waals surface area contributed by atoms with E-state index in [1.165, 1.54) is 20.3 Å². The number of carbonyl (C=O) groups is 2. The lowest BCUT2D eigenvalue weighted by Crippen LogP contribution is -2.59. The molecule has 2 unspecified atom stereocenters. The van der Waals surface area contributed by atoms with Gasteiger partial charge in [-0.05, 0) is 65.3 Å². The zero-order chi connectivity index (χ0) is 36.9. The summed E-state index contributed by atoms with van der Waals surface area (Å²) in [6.45, 7) is 11.6. The molecule has 4 aliphatic heterocycles. The number of ether oxygens (including phenoxy) is 8. The van der Waals surface area contributed by atoms with Crippen LogP contribution in [0.25, 0.3) is 0 Å². The Labute approximate surface area is 297 Å². The Morgan fingerprint density at radius 1 is 0.860 bits per heavy atom. The molecule has 0 amide bonds. The number of aliphatic hydroxyl groups excluding tert-OH is 2. The normalized spacial score (nSPS) is 46.2. The third-order valence-corrected chi connectivity index (χ3v) is 10.7. The lowest BCUT2D eigenvalue weighted by Gasteiger charge is -2.43. The maximum atomic E-state index is 13.4. The average molecular weight is 712 g/mol. The van der Waals surface area contributed by atoms with Crippen molar-refractivity contribution in [1.29, 1.82) is 0 Å². The van der Waals surface area contributed by atoms with Gasteiger partial charge in [0.05, 0.1) is 31.0 Å². The zero-order valence-electron chi connectivity index (χ0n) is 31.4. The first-order chi connectivity index (χ1) is 23.7. The van der Waals surface area contributed by atoms with Crippen molar-refractivity contribution >= 4 is 11.8 Å². The van der Waals surface area contributed by atoms with Crippen LogP contribution in [0.4, 0.5) is 0 Å². The van der Waals surface area contributed by atoms with Crippen LogP contribution in [0.1, 0.15) is 60.8 Å². The first-order valence-electron chi connectivity index (χ1n) is 18.1. The van der Waals surface area contributed by atoms with E-state index in [-0.39, 0.29) is 54.5 Å². The summed E-state index contributed by atoms with van der Waals surface area (Å²) >= 11 is 0. The van der Waals surface area contributed by atoms with Crippen LogP contribution in [0.15, 0.2) is 24.3 Å². The van der Waals surface area contributed by atoms with Crippen molar-refractivity contribution in [3.8, 4) is 0 Å². The van der Waals surface area contributed by atoms with Gasteiger partial charge in [-0.1, -0.05) is 33.8 Å². The molecule has 0 saturated carbocycles. The Morgan fingerprint density at radius 2 is 1.56 bits per heavy atom. The van der Waals surface area contributed by atoms with Crippen molar-refractivity contribution in [2.24, 2.45) is 23.7 Å². The Kier molecular flexibility index (Phi) is 15.0. The smallest absolute Gasteiger partial charge is 0.330 e. The molecule has 13 nitrogen and oxygen atoms in total. The third-order valence-electron chi connectivity index (χ3n) is 10.7. The summed E-state index contributed by atoms with van der Waals surface area (Å²) in [5.41, 5.74) is 0. The van der Waals surface area contributed by atoms with Crippen molar-refractivity contribution in [2.45, 2.75) is 140 Å². The van der Waals surface area contributed by atoms with Crippen LogP contribution >= 0.6 is 0 Å². The molecule has 4 heterocycles. The molecule has 0 aliphatic carbocycles. The van der Waals surface area contributed by atoms with Crippen LogP contribution in [-0.2, 0) is 47.5 Å². The molecule has 50 heavy (non-hydrogen) atoms. The number of likely N-dealkylation sites (N-methyl/N-ethyl adjacent to an activating group) is 1. The lowest BCUT2D eigenvalue weighted by atomic mass is 9.84. The fourth-order valence-corrected chi connectivity index (χ4v) is 7.64. The van der Waals surface area contributed by atoms with Gasteiger partial charge in [-0.15, -0.1) is 0 Å². The third kappa shape index (κ3) is 10.00. The molecule has 4 aliphatic rings. The van der Waals surface area contributed by atoms with Crippen LogP contribution in [0, 0.1) is 23.7 Å². The first kappa shape index (κ1) is 41.0. The predicted octanol–water partition coefficient (Wildman–Crippen LogP) is 2.65. The van der Waals surface area contributed by atoms with E-state index in [0.29, 0.717) is 19.3 Å². The molecule has 4 rings (SSSR count). The van der Waals surface area contributed by atoms with E-state index in [1.54, 1.807) is 25.2 Å². The molecule has 0 spiro atoms. The molecule has 0 bridgehead atoms. The molecule has 0 aromatic rings. The van der Waals surface area contributed by atoms with Gasteiger partial charge in [0.25, 0.3) is 0 Å². The first-order valence-corrected chi connectivity index (χ1v) is 18.1. The predicted molar refractivity (Wildman–Crippen MR) is 183 cm³/mol. The number of allylic oxidation sites excluding steroid dienone is 1. The molecule has 0 aromatic carbocycles. The second-order valence-electron chi connectivity index (χ2n) is 14.8. The number of fused-ring (bicyclic) bond motifs is 1. The number of carbonyl (C=O) groups excluding carboxylic acids is 2. The fraction of sp³-hybridized carbons (Fsp3) is 0.838. The van der Waals surface area contributed by atoms with Crippen molar-refractivity contribution in [1.82, 2.24) is 4.90 Å². The molecular formula is C37H61NO12. The van der Waals surface area contributed by atoms with Gasteiger partial charge >= 0.3 is 5.97 Å². The van der Waals surface area contributed by atoms with Crippen molar-refractivity contribution in [3.05, 3.63) is 24.3 Å². The highest BCUT2D eigenvalue weighted by Gasteiger charge is 2.50. The van der Waals surface area contributed by atoms with Gasteiger partial charge in [0.2, 0.25) is 0 Å². The molecule has 13 heteroatoms. The van der Waals surface area contributed by atoms with Gasteiger partial charge in [0.1, 0.15) is 36.6 Å². The molecule has 0 radical (unpaired) electrons. The van der Waals surface area contributed by atoms with E-state index in [1.807, 2.05) is 53.6 Å². The van der Waals surface area contributed by atoms with Gasteiger partial charge in [-0.2, -0.15) is 0 Å². The maximum absolute atomic E-state index is 13.4. The van der Waals surface area contributed by atoms with E-state index in [9.17, 15) is 19.8 Å². The second-order valence-corrected chi connectivity index (χ2v) is 14.8. The van der Waals surface area contributed by atoms with Gasteiger partial charge in [-0.25, -0.2) is 4.79 Å². The number of esters is 1. The Morgan fingerprint density at radius 3 is 2.20 bits per heavy atom. The van der Waals surface area contributed by atoms with Crippen LogP contribution in [0.3, 0.4) is 0 Å². The summed E-state index contributed by atoms with van der Waals surface area (Å²) in [5, 5.41) is 21.8. The topological polar surface area (TPSA) is 155 Å².